The lowest BCUT2D eigenvalue weighted by Gasteiger charge is -2.58. The van der Waals surface area contributed by atoms with Gasteiger partial charge in [0.2, 0.25) is 0 Å². The van der Waals surface area contributed by atoms with E-state index >= 15 is 0 Å². The molecule has 28 heavy (non-hydrogen) atoms. The van der Waals surface area contributed by atoms with Gasteiger partial charge in [-0.2, -0.15) is 0 Å². The third-order valence-electron chi connectivity index (χ3n) is 9.94. The Morgan fingerprint density at radius 3 is 2.61 bits per heavy atom. The summed E-state index contributed by atoms with van der Waals surface area (Å²) in [7, 11) is 0. The van der Waals surface area contributed by atoms with Gasteiger partial charge in [0.1, 0.15) is 0 Å². The van der Waals surface area contributed by atoms with E-state index in [2.05, 4.69) is 46.0 Å². The summed E-state index contributed by atoms with van der Waals surface area (Å²) in [6.07, 6.45) is 13.9. The predicted octanol–water partition coefficient (Wildman–Crippen LogP) is 5.95. The van der Waals surface area contributed by atoms with Crippen LogP contribution in [0.4, 0.5) is 0 Å². The molecule has 8 atom stereocenters. The highest BCUT2D eigenvalue weighted by atomic mass is 16.3. The maximum Gasteiger partial charge on any atom is 0.0577 e. The first-order chi connectivity index (χ1) is 13.3. The molecule has 0 heterocycles. The molecule has 2 N–H and O–H groups in total. The molecule has 0 aromatic carbocycles. The van der Waals surface area contributed by atoms with Crippen LogP contribution in [-0.4, -0.2) is 23.8 Å². The molecule has 0 radical (unpaired) electrons. The van der Waals surface area contributed by atoms with Crippen LogP contribution in [0.25, 0.3) is 0 Å². The van der Waals surface area contributed by atoms with E-state index in [0.29, 0.717) is 16.9 Å². The quantitative estimate of drug-likeness (QED) is 0.571. The fourth-order valence-corrected chi connectivity index (χ4v) is 8.25. The molecular weight excluding hydrogens is 342 g/mol. The third kappa shape index (κ3) is 3.41. The summed E-state index contributed by atoms with van der Waals surface area (Å²) in [6.45, 7) is 13.5. The fraction of sp³-hybridized carbons (Fsp3) is 0.923. The Labute approximate surface area is 173 Å². The molecule has 0 amide bonds. The average molecular weight is 388 g/mol. The molecule has 0 aliphatic heterocycles. The van der Waals surface area contributed by atoms with Crippen LogP contribution in [0.3, 0.4) is 0 Å². The summed E-state index contributed by atoms with van der Waals surface area (Å²) in [6, 6.07) is 0.653. The lowest BCUT2D eigenvalue weighted by atomic mass is 9.47. The number of nitrogens with one attached hydrogen (secondary N) is 1. The molecule has 0 aromatic heterocycles. The lowest BCUT2D eigenvalue weighted by molar-refractivity contribution is -0.0535. The van der Waals surface area contributed by atoms with E-state index in [1.54, 1.807) is 5.57 Å². The highest BCUT2D eigenvalue weighted by molar-refractivity contribution is 5.25. The van der Waals surface area contributed by atoms with E-state index < -0.39 is 0 Å². The number of aliphatic hydroxyl groups excluding tert-OH is 1. The van der Waals surface area contributed by atoms with Gasteiger partial charge in [0.05, 0.1) is 6.10 Å². The number of hydrogen-bond donors (Lipinski definition) is 2. The highest BCUT2D eigenvalue weighted by Gasteiger charge is 2.59. The summed E-state index contributed by atoms with van der Waals surface area (Å²) in [5.74, 6) is 4.29. The predicted molar refractivity (Wildman–Crippen MR) is 118 cm³/mol. The Balaban J connectivity index is 1.49. The van der Waals surface area contributed by atoms with Crippen molar-refractivity contribution < 1.29 is 5.11 Å². The molecule has 4 aliphatic rings. The van der Waals surface area contributed by atoms with Crippen molar-refractivity contribution in [2.24, 2.45) is 40.4 Å². The first kappa shape index (κ1) is 20.9. The van der Waals surface area contributed by atoms with Gasteiger partial charge in [0, 0.05) is 6.04 Å². The first-order valence-corrected chi connectivity index (χ1v) is 12.4. The Hall–Kier alpha value is -0.340. The van der Waals surface area contributed by atoms with Crippen LogP contribution in [0, 0.1) is 40.4 Å². The molecule has 2 nitrogen and oxygen atoms in total. The van der Waals surface area contributed by atoms with Gasteiger partial charge in [-0.1, -0.05) is 39.3 Å². The van der Waals surface area contributed by atoms with Gasteiger partial charge in [0.15, 0.2) is 0 Å². The minimum Gasteiger partial charge on any atom is -0.393 e. The van der Waals surface area contributed by atoms with Gasteiger partial charge in [-0.15, -0.1) is 0 Å². The molecule has 0 saturated heterocycles. The van der Waals surface area contributed by atoms with E-state index in [9.17, 15) is 5.11 Å². The first-order valence-electron chi connectivity index (χ1n) is 12.4. The van der Waals surface area contributed by atoms with Gasteiger partial charge >= 0.3 is 0 Å². The van der Waals surface area contributed by atoms with Crippen molar-refractivity contribution in [3.63, 3.8) is 0 Å². The second-order valence-corrected chi connectivity index (χ2v) is 11.8. The number of aliphatic hydroxyl groups is 1. The minimum absolute atomic E-state index is 0.0849. The topological polar surface area (TPSA) is 32.3 Å². The summed E-state index contributed by atoms with van der Waals surface area (Å²) < 4.78 is 0. The second kappa shape index (κ2) is 7.73. The monoisotopic (exact) mass is 387 g/mol. The maximum absolute atomic E-state index is 10.2. The molecule has 0 aromatic rings. The summed E-state index contributed by atoms with van der Waals surface area (Å²) >= 11 is 0. The van der Waals surface area contributed by atoms with Crippen LogP contribution in [0.2, 0.25) is 0 Å². The molecule has 4 rings (SSSR count). The number of rotatable bonds is 5. The number of fused-ring (bicyclic) bond motifs is 5. The normalized spacial score (nSPS) is 46.5. The van der Waals surface area contributed by atoms with Gasteiger partial charge in [-0.05, 0) is 112 Å². The number of hydrogen-bond acceptors (Lipinski definition) is 2. The molecule has 6 unspecified atom stereocenters. The number of allylic oxidation sites excluding steroid dienone is 1. The van der Waals surface area contributed by atoms with E-state index in [4.69, 9.17) is 0 Å². The van der Waals surface area contributed by atoms with Crippen LogP contribution >= 0.6 is 0 Å². The van der Waals surface area contributed by atoms with Crippen molar-refractivity contribution in [2.75, 3.05) is 6.54 Å². The largest absolute Gasteiger partial charge is 0.393 e. The standard InChI is InChI=1S/C26H45NO/c1-17(2)12-15-27-18(3)22-8-9-23-21-7-6-19-16-20(28)10-13-25(19,4)24(21)11-14-26(22,23)5/h6,17-18,20-24,27-28H,7-16H2,1-5H3/t18?,20?,21?,22?,23?,24?,25-,26+/m0/s1. The molecule has 2 heteroatoms. The second-order valence-electron chi connectivity index (χ2n) is 11.8. The summed E-state index contributed by atoms with van der Waals surface area (Å²) in [4.78, 5) is 0. The highest BCUT2D eigenvalue weighted by Crippen LogP contribution is 2.66. The van der Waals surface area contributed by atoms with Crippen LogP contribution in [-0.2, 0) is 0 Å². The van der Waals surface area contributed by atoms with E-state index in [1.807, 2.05) is 0 Å². The van der Waals surface area contributed by atoms with Crippen molar-refractivity contribution >= 4 is 0 Å². The van der Waals surface area contributed by atoms with Crippen molar-refractivity contribution in [3.8, 4) is 0 Å². The molecule has 3 fully saturated rings. The van der Waals surface area contributed by atoms with Gasteiger partial charge < -0.3 is 10.4 Å². The Morgan fingerprint density at radius 1 is 1.07 bits per heavy atom. The SMILES string of the molecule is CC(C)CCNC(C)C1CCC2C3CC=C4CC(O)CC[C@]4(C)C3CC[C@]12C. The molecule has 0 spiro atoms. The van der Waals surface area contributed by atoms with Crippen molar-refractivity contribution in [3.05, 3.63) is 11.6 Å². The zero-order valence-electron chi connectivity index (χ0n) is 19.1. The third-order valence-corrected chi connectivity index (χ3v) is 9.94. The maximum atomic E-state index is 10.2. The summed E-state index contributed by atoms with van der Waals surface area (Å²) in [5.41, 5.74) is 2.51. The van der Waals surface area contributed by atoms with Crippen molar-refractivity contribution in [2.45, 2.75) is 105 Å². The van der Waals surface area contributed by atoms with Gasteiger partial charge in [-0.3, -0.25) is 0 Å². The van der Waals surface area contributed by atoms with Crippen LogP contribution in [0.15, 0.2) is 11.6 Å². The van der Waals surface area contributed by atoms with E-state index in [0.717, 1.165) is 42.4 Å². The molecule has 4 aliphatic carbocycles. The lowest BCUT2D eigenvalue weighted by Crippen LogP contribution is -2.52. The average Bonchev–Trinajstić information content (AvgIpc) is 2.99. The van der Waals surface area contributed by atoms with E-state index in [1.165, 1.54) is 51.5 Å². The van der Waals surface area contributed by atoms with Crippen molar-refractivity contribution in [1.29, 1.82) is 0 Å². The van der Waals surface area contributed by atoms with E-state index in [-0.39, 0.29) is 6.10 Å². The minimum atomic E-state index is -0.0849. The van der Waals surface area contributed by atoms with Crippen molar-refractivity contribution in [1.82, 2.24) is 5.32 Å². The smallest absolute Gasteiger partial charge is 0.0577 e. The van der Waals surface area contributed by atoms with Crippen LogP contribution < -0.4 is 5.32 Å². The molecule has 0 bridgehead atoms. The molecular formula is C26H45NO. The zero-order valence-corrected chi connectivity index (χ0v) is 19.1. The van der Waals surface area contributed by atoms with Gasteiger partial charge in [0.25, 0.3) is 0 Å². The summed E-state index contributed by atoms with van der Waals surface area (Å²) in [5, 5.41) is 14.1. The van der Waals surface area contributed by atoms with Crippen LogP contribution in [0.1, 0.15) is 92.4 Å². The Bertz CT molecular complexity index is 597. The molecule has 160 valence electrons. The van der Waals surface area contributed by atoms with Gasteiger partial charge in [-0.25, -0.2) is 0 Å². The van der Waals surface area contributed by atoms with Crippen LogP contribution in [0.5, 0.6) is 0 Å². The Kier molecular flexibility index (Phi) is 5.77. The Morgan fingerprint density at radius 2 is 1.86 bits per heavy atom. The molecule has 3 saturated carbocycles. The zero-order chi connectivity index (χ0) is 20.1. The fourth-order valence-electron chi connectivity index (χ4n) is 8.25.